The molecular formula is C23H25NO3. The van der Waals surface area contributed by atoms with Crippen LogP contribution in [-0.2, 0) is 11.3 Å². The number of fused-ring (bicyclic) bond motifs is 2. The third-order valence-electron chi connectivity index (χ3n) is 5.86. The smallest absolute Gasteiger partial charge is 0.410 e. The number of Topliss-reactive ketones (excluding diaryl/α,β-unsaturated/α-hetero) is 1. The molecule has 2 atom stereocenters. The molecular weight excluding hydrogens is 338 g/mol. The van der Waals surface area contributed by atoms with Crippen molar-refractivity contribution in [3.63, 3.8) is 0 Å². The molecule has 0 aromatic heterocycles. The minimum Gasteiger partial charge on any atom is -0.445 e. The number of hydrogen-bond donors (Lipinski definition) is 0. The maximum Gasteiger partial charge on any atom is 0.410 e. The standard InChI is InChI=1S/C23H25NO3/c1-16-7-9-18(10-8-16)22(25)19-13-20-11-12-21(14-19)24(20)23(26)27-15-17-5-3-2-4-6-17/h2-10,19-21H,11-15H2,1H3. The second-order valence-electron chi connectivity index (χ2n) is 7.73. The largest absolute Gasteiger partial charge is 0.445 e. The van der Waals surface area contributed by atoms with Crippen LogP contribution >= 0.6 is 0 Å². The number of carbonyl (C=O) groups is 2. The summed E-state index contributed by atoms with van der Waals surface area (Å²) in [5.41, 5.74) is 2.93. The van der Waals surface area contributed by atoms with Crippen LogP contribution in [0, 0.1) is 12.8 Å². The molecule has 4 rings (SSSR count). The summed E-state index contributed by atoms with van der Waals surface area (Å²) < 4.78 is 5.54. The molecule has 0 radical (unpaired) electrons. The van der Waals surface area contributed by atoms with Gasteiger partial charge in [0.05, 0.1) is 0 Å². The van der Waals surface area contributed by atoms with E-state index in [0.29, 0.717) is 6.61 Å². The predicted octanol–water partition coefficient (Wildman–Crippen LogP) is 4.76. The molecule has 2 aromatic carbocycles. The first kappa shape index (κ1) is 17.8. The lowest BCUT2D eigenvalue weighted by atomic mass is 9.85. The summed E-state index contributed by atoms with van der Waals surface area (Å²) in [7, 11) is 0. The zero-order chi connectivity index (χ0) is 18.8. The number of ketones is 1. The molecule has 0 saturated carbocycles. The van der Waals surface area contributed by atoms with E-state index < -0.39 is 0 Å². The number of carbonyl (C=O) groups excluding carboxylic acids is 2. The van der Waals surface area contributed by atoms with Gasteiger partial charge in [0.1, 0.15) is 6.61 Å². The number of rotatable bonds is 4. The Hall–Kier alpha value is -2.62. The molecule has 27 heavy (non-hydrogen) atoms. The monoisotopic (exact) mass is 363 g/mol. The van der Waals surface area contributed by atoms with E-state index in [4.69, 9.17) is 4.74 Å². The van der Waals surface area contributed by atoms with Crippen molar-refractivity contribution in [1.29, 1.82) is 0 Å². The molecule has 0 aliphatic carbocycles. The lowest BCUT2D eigenvalue weighted by molar-refractivity contribution is 0.0485. The zero-order valence-corrected chi connectivity index (χ0v) is 15.6. The van der Waals surface area contributed by atoms with Gasteiger partial charge in [-0.3, -0.25) is 4.79 Å². The van der Waals surface area contributed by atoms with Gasteiger partial charge in [0.15, 0.2) is 5.78 Å². The van der Waals surface area contributed by atoms with Gasteiger partial charge in [-0.1, -0.05) is 60.2 Å². The molecule has 2 unspecified atom stereocenters. The van der Waals surface area contributed by atoms with E-state index in [0.717, 1.165) is 42.4 Å². The topological polar surface area (TPSA) is 46.6 Å². The minimum absolute atomic E-state index is 0.00313. The van der Waals surface area contributed by atoms with Crippen LogP contribution in [0.2, 0.25) is 0 Å². The number of hydrogen-bond acceptors (Lipinski definition) is 3. The Morgan fingerprint density at radius 3 is 2.22 bits per heavy atom. The maximum absolute atomic E-state index is 12.9. The van der Waals surface area contributed by atoms with Gasteiger partial charge in [-0.25, -0.2) is 4.79 Å². The number of piperidine rings is 1. The lowest BCUT2D eigenvalue weighted by Gasteiger charge is -2.37. The van der Waals surface area contributed by atoms with E-state index in [1.807, 2.05) is 66.4 Å². The fourth-order valence-corrected chi connectivity index (χ4v) is 4.44. The molecule has 2 fully saturated rings. The molecule has 0 N–H and O–H groups in total. The van der Waals surface area contributed by atoms with Crippen LogP contribution in [0.5, 0.6) is 0 Å². The number of aryl methyl sites for hydroxylation is 1. The zero-order valence-electron chi connectivity index (χ0n) is 15.6. The van der Waals surface area contributed by atoms with Crippen LogP contribution in [0.1, 0.15) is 47.2 Å². The van der Waals surface area contributed by atoms with E-state index in [9.17, 15) is 9.59 Å². The van der Waals surface area contributed by atoms with Gasteiger partial charge in [0, 0.05) is 23.6 Å². The highest BCUT2D eigenvalue weighted by Gasteiger charge is 2.45. The first-order valence-electron chi connectivity index (χ1n) is 9.71. The Morgan fingerprint density at radius 1 is 0.963 bits per heavy atom. The van der Waals surface area contributed by atoms with E-state index in [-0.39, 0.29) is 29.9 Å². The summed E-state index contributed by atoms with van der Waals surface area (Å²) in [6.45, 7) is 2.31. The van der Waals surface area contributed by atoms with Crippen molar-refractivity contribution in [1.82, 2.24) is 4.90 Å². The normalized spacial score (nSPS) is 23.9. The van der Waals surface area contributed by atoms with E-state index in [1.165, 1.54) is 0 Å². The van der Waals surface area contributed by atoms with Crippen LogP contribution in [0.25, 0.3) is 0 Å². The molecule has 140 valence electrons. The minimum atomic E-state index is -0.243. The van der Waals surface area contributed by atoms with Crippen LogP contribution in [0.15, 0.2) is 54.6 Å². The van der Waals surface area contributed by atoms with Gasteiger partial charge in [-0.2, -0.15) is 0 Å². The van der Waals surface area contributed by atoms with E-state index in [1.54, 1.807) is 0 Å². The van der Waals surface area contributed by atoms with Crippen LogP contribution in [-0.4, -0.2) is 28.9 Å². The molecule has 1 amide bonds. The van der Waals surface area contributed by atoms with Crippen molar-refractivity contribution in [2.75, 3.05) is 0 Å². The Labute approximate surface area is 160 Å². The summed E-state index contributed by atoms with van der Waals surface area (Å²) in [6.07, 6.45) is 3.16. The Balaban J connectivity index is 1.39. The average Bonchev–Trinajstić information content (AvgIpc) is 2.96. The first-order valence-corrected chi connectivity index (χ1v) is 9.71. The highest BCUT2D eigenvalue weighted by Crippen LogP contribution is 2.40. The van der Waals surface area contributed by atoms with Gasteiger partial charge in [-0.15, -0.1) is 0 Å². The Morgan fingerprint density at radius 2 is 1.59 bits per heavy atom. The van der Waals surface area contributed by atoms with Crippen molar-refractivity contribution in [3.05, 3.63) is 71.3 Å². The number of amides is 1. The van der Waals surface area contributed by atoms with Crippen molar-refractivity contribution < 1.29 is 14.3 Å². The van der Waals surface area contributed by atoms with Crippen molar-refractivity contribution in [3.8, 4) is 0 Å². The summed E-state index contributed by atoms with van der Waals surface area (Å²) in [5, 5.41) is 0. The van der Waals surface area contributed by atoms with Gasteiger partial charge in [0.25, 0.3) is 0 Å². The molecule has 4 heteroatoms. The Bertz CT molecular complexity index is 801. The SMILES string of the molecule is Cc1ccc(C(=O)C2CC3CCC(C2)N3C(=O)OCc2ccccc2)cc1. The molecule has 2 aliphatic rings. The first-order chi connectivity index (χ1) is 13.1. The van der Waals surface area contributed by atoms with Crippen molar-refractivity contribution >= 4 is 11.9 Å². The number of ether oxygens (including phenoxy) is 1. The molecule has 2 bridgehead atoms. The Kier molecular flexibility index (Phi) is 4.97. The van der Waals surface area contributed by atoms with Crippen LogP contribution < -0.4 is 0 Å². The highest BCUT2D eigenvalue weighted by atomic mass is 16.6. The maximum atomic E-state index is 12.9. The second kappa shape index (κ2) is 7.55. The summed E-state index contributed by atoms with van der Waals surface area (Å²) in [5.74, 6) is 0.215. The summed E-state index contributed by atoms with van der Waals surface area (Å²) >= 11 is 0. The third kappa shape index (κ3) is 3.75. The average molecular weight is 363 g/mol. The van der Waals surface area contributed by atoms with Crippen LogP contribution in [0.4, 0.5) is 4.79 Å². The quantitative estimate of drug-likeness (QED) is 0.736. The van der Waals surface area contributed by atoms with Crippen molar-refractivity contribution in [2.24, 2.45) is 5.92 Å². The molecule has 4 nitrogen and oxygen atoms in total. The summed E-state index contributed by atoms with van der Waals surface area (Å²) in [6, 6.07) is 17.8. The van der Waals surface area contributed by atoms with Gasteiger partial charge < -0.3 is 9.64 Å². The highest BCUT2D eigenvalue weighted by molar-refractivity contribution is 5.98. The lowest BCUT2D eigenvalue weighted by Crippen LogP contribution is -2.48. The molecule has 2 saturated heterocycles. The van der Waals surface area contributed by atoms with Crippen LogP contribution in [0.3, 0.4) is 0 Å². The number of benzene rings is 2. The molecule has 2 aliphatic heterocycles. The second-order valence-corrected chi connectivity index (χ2v) is 7.73. The predicted molar refractivity (Wildman–Crippen MR) is 104 cm³/mol. The fraction of sp³-hybridized carbons (Fsp3) is 0.391. The molecule has 2 aromatic rings. The van der Waals surface area contributed by atoms with E-state index >= 15 is 0 Å². The molecule has 0 spiro atoms. The van der Waals surface area contributed by atoms with Crippen molar-refractivity contribution in [2.45, 2.75) is 51.3 Å². The molecule has 2 heterocycles. The van der Waals surface area contributed by atoms with E-state index in [2.05, 4.69) is 0 Å². The third-order valence-corrected chi connectivity index (χ3v) is 5.86. The van der Waals surface area contributed by atoms with Gasteiger partial charge in [-0.05, 0) is 38.2 Å². The number of nitrogens with zero attached hydrogens (tertiary/aromatic N) is 1. The van der Waals surface area contributed by atoms with Gasteiger partial charge in [0.2, 0.25) is 0 Å². The van der Waals surface area contributed by atoms with Gasteiger partial charge >= 0.3 is 6.09 Å². The summed E-state index contributed by atoms with van der Waals surface area (Å²) in [4.78, 5) is 27.4. The fourth-order valence-electron chi connectivity index (χ4n) is 4.44.